The molecule has 3 aromatic rings. The zero-order valence-electron chi connectivity index (χ0n) is 10.1. The summed E-state index contributed by atoms with van der Waals surface area (Å²) in [6.07, 6.45) is 3.11. The second-order valence-corrected chi connectivity index (χ2v) is 4.21. The van der Waals surface area contributed by atoms with E-state index in [2.05, 4.69) is 4.98 Å². The Morgan fingerprint density at radius 1 is 0.947 bits per heavy atom. The molecule has 3 rings (SSSR count). The van der Waals surface area contributed by atoms with E-state index in [1.165, 1.54) is 6.20 Å². The van der Waals surface area contributed by atoms with Crippen LogP contribution in [0.4, 0.5) is 5.69 Å². The van der Waals surface area contributed by atoms with Crippen LogP contribution in [0.5, 0.6) is 17.2 Å². The summed E-state index contributed by atoms with van der Waals surface area (Å²) in [6.45, 7) is 0. The molecule has 0 atom stereocenters. The Morgan fingerprint density at radius 3 is 2.47 bits per heavy atom. The number of aromatic nitrogens is 1. The Kier molecular flexibility index (Phi) is 2.68. The van der Waals surface area contributed by atoms with E-state index in [9.17, 15) is 5.11 Å². The highest BCUT2D eigenvalue weighted by atomic mass is 16.5. The van der Waals surface area contributed by atoms with E-state index in [4.69, 9.17) is 10.5 Å². The number of rotatable bonds is 2. The zero-order valence-corrected chi connectivity index (χ0v) is 10.1. The second-order valence-electron chi connectivity index (χ2n) is 4.21. The number of aromatic hydroxyl groups is 1. The largest absolute Gasteiger partial charge is 0.506 e. The molecule has 0 radical (unpaired) electrons. The van der Waals surface area contributed by atoms with Gasteiger partial charge in [0.25, 0.3) is 0 Å². The van der Waals surface area contributed by atoms with Crippen molar-refractivity contribution in [1.82, 2.24) is 4.98 Å². The lowest BCUT2D eigenvalue weighted by Crippen LogP contribution is -1.87. The van der Waals surface area contributed by atoms with Crippen molar-refractivity contribution in [3.63, 3.8) is 0 Å². The number of pyridine rings is 1. The molecule has 0 amide bonds. The molecule has 4 nitrogen and oxygen atoms in total. The summed E-state index contributed by atoms with van der Waals surface area (Å²) < 4.78 is 5.71. The van der Waals surface area contributed by atoms with Gasteiger partial charge in [-0.25, -0.2) is 0 Å². The van der Waals surface area contributed by atoms with E-state index in [0.717, 1.165) is 5.39 Å². The summed E-state index contributed by atoms with van der Waals surface area (Å²) >= 11 is 0. The highest BCUT2D eigenvalue weighted by molar-refractivity contribution is 5.88. The van der Waals surface area contributed by atoms with Crippen molar-refractivity contribution in [3.05, 3.63) is 54.9 Å². The first-order chi connectivity index (χ1) is 9.22. The van der Waals surface area contributed by atoms with Gasteiger partial charge in [0.15, 0.2) is 0 Å². The highest BCUT2D eigenvalue weighted by Gasteiger charge is 2.03. The Labute approximate surface area is 110 Å². The third kappa shape index (κ3) is 2.28. The van der Waals surface area contributed by atoms with Crippen LogP contribution < -0.4 is 10.5 Å². The SMILES string of the molecule is Nc1ccc(Oc2ccc3cncc(O)c3c2)cc1. The monoisotopic (exact) mass is 252 g/mol. The Morgan fingerprint density at radius 2 is 1.68 bits per heavy atom. The molecule has 2 aromatic carbocycles. The zero-order chi connectivity index (χ0) is 13.2. The molecule has 0 spiro atoms. The van der Waals surface area contributed by atoms with E-state index in [1.807, 2.05) is 12.1 Å². The standard InChI is InChI=1S/C15H12N2O2/c16-11-2-5-12(6-3-11)19-13-4-1-10-8-17-9-15(18)14(10)7-13/h1-9,18H,16H2. The number of ether oxygens (including phenoxy) is 1. The number of fused-ring (bicyclic) bond motifs is 1. The van der Waals surface area contributed by atoms with Gasteiger partial charge in [-0.3, -0.25) is 4.98 Å². The first kappa shape index (κ1) is 11.3. The molecule has 94 valence electrons. The van der Waals surface area contributed by atoms with Crippen LogP contribution in [0.1, 0.15) is 0 Å². The summed E-state index contributed by atoms with van der Waals surface area (Å²) in [5.74, 6) is 1.49. The molecule has 0 aliphatic carbocycles. The van der Waals surface area contributed by atoms with Crippen LogP contribution in [0.15, 0.2) is 54.9 Å². The lowest BCUT2D eigenvalue weighted by molar-refractivity contribution is 0.474. The van der Waals surface area contributed by atoms with E-state index < -0.39 is 0 Å². The molecular weight excluding hydrogens is 240 g/mol. The predicted octanol–water partition coefficient (Wildman–Crippen LogP) is 3.31. The lowest BCUT2D eigenvalue weighted by Gasteiger charge is -2.07. The third-order valence-electron chi connectivity index (χ3n) is 2.83. The molecule has 0 saturated carbocycles. The molecule has 0 saturated heterocycles. The number of nitrogen functional groups attached to an aromatic ring is 1. The molecule has 1 aromatic heterocycles. The molecule has 4 heteroatoms. The average molecular weight is 252 g/mol. The van der Waals surface area contributed by atoms with E-state index in [-0.39, 0.29) is 5.75 Å². The average Bonchev–Trinajstić information content (AvgIpc) is 2.42. The fourth-order valence-corrected chi connectivity index (χ4v) is 1.86. The van der Waals surface area contributed by atoms with Gasteiger partial charge in [0.05, 0.1) is 6.20 Å². The lowest BCUT2D eigenvalue weighted by atomic mass is 10.1. The molecule has 0 aliphatic heterocycles. The minimum atomic E-state index is 0.139. The number of hydrogen-bond donors (Lipinski definition) is 2. The van der Waals surface area contributed by atoms with Crippen LogP contribution in [0.2, 0.25) is 0 Å². The van der Waals surface area contributed by atoms with Crippen molar-refractivity contribution < 1.29 is 9.84 Å². The minimum absolute atomic E-state index is 0.139. The smallest absolute Gasteiger partial charge is 0.141 e. The first-order valence-corrected chi connectivity index (χ1v) is 5.82. The molecule has 0 aliphatic rings. The van der Waals surface area contributed by atoms with Crippen LogP contribution >= 0.6 is 0 Å². The molecule has 19 heavy (non-hydrogen) atoms. The Balaban J connectivity index is 1.97. The van der Waals surface area contributed by atoms with Crippen LogP contribution in [-0.4, -0.2) is 10.1 Å². The predicted molar refractivity (Wildman–Crippen MR) is 74.3 cm³/mol. The van der Waals surface area contributed by atoms with Gasteiger partial charge < -0.3 is 15.6 Å². The van der Waals surface area contributed by atoms with Crippen molar-refractivity contribution >= 4 is 16.5 Å². The van der Waals surface area contributed by atoms with Crippen LogP contribution in [0.25, 0.3) is 10.8 Å². The third-order valence-corrected chi connectivity index (χ3v) is 2.83. The van der Waals surface area contributed by atoms with Crippen molar-refractivity contribution in [2.24, 2.45) is 0 Å². The fourth-order valence-electron chi connectivity index (χ4n) is 1.86. The molecule has 3 N–H and O–H groups in total. The maximum absolute atomic E-state index is 9.76. The number of anilines is 1. The van der Waals surface area contributed by atoms with Crippen molar-refractivity contribution in [2.45, 2.75) is 0 Å². The Bertz CT molecular complexity index is 724. The van der Waals surface area contributed by atoms with Gasteiger partial charge in [0, 0.05) is 22.7 Å². The molecule has 0 fully saturated rings. The van der Waals surface area contributed by atoms with Gasteiger partial charge in [-0.05, 0) is 42.5 Å². The van der Waals surface area contributed by atoms with Crippen molar-refractivity contribution in [3.8, 4) is 17.2 Å². The van der Waals surface area contributed by atoms with Gasteiger partial charge in [-0.1, -0.05) is 0 Å². The van der Waals surface area contributed by atoms with Crippen LogP contribution in [0, 0.1) is 0 Å². The minimum Gasteiger partial charge on any atom is -0.506 e. The maximum atomic E-state index is 9.76. The van der Waals surface area contributed by atoms with Gasteiger partial charge in [0.1, 0.15) is 17.2 Å². The summed E-state index contributed by atoms with van der Waals surface area (Å²) in [5.41, 5.74) is 6.31. The molecular formula is C15H12N2O2. The maximum Gasteiger partial charge on any atom is 0.141 e. The number of hydrogen-bond acceptors (Lipinski definition) is 4. The normalized spacial score (nSPS) is 10.5. The fraction of sp³-hybridized carbons (Fsp3) is 0. The van der Waals surface area contributed by atoms with Gasteiger partial charge >= 0.3 is 0 Å². The van der Waals surface area contributed by atoms with E-state index in [1.54, 1.807) is 36.5 Å². The number of nitrogens with two attached hydrogens (primary N) is 1. The van der Waals surface area contributed by atoms with Gasteiger partial charge in [-0.2, -0.15) is 0 Å². The topological polar surface area (TPSA) is 68.4 Å². The van der Waals surface area contributed by atoms with Gasteiger partial charge in [0.2, 0.25) is 0 Å². The molecule has 1 heterocycles. The summed E-state index contributed by atoms with van der Waals surface area (Å²) in [4.78, 5) is 3.93. The second kappa shape index (κ2) is 4.49. The highest BCUT2D eigenvalue weighted by Crippen LogP contribution is 2.29. The van der Waals surface area contributed by atoms with Crippen molar-refractivity contribution in [2.75, 3.05) is 5.73 Å². The quantitative estimate of drug-likeness (QED) is 0.686. The van der Waals surface area contributed by atoms with Crippen LogP contribution in [0.3, 0.4) is 0 Å². The number of benzene rings is 2. The summed E-state index contributed by atoms with van der Waals surface area (Å²) in [5, 5.41) is 11.3. The molecule has 0 unspecified atom stereocenters. The van der Waals surface area contributed by atoms with Gasteiger partial charge in [-0.15, -0.1) is 0 Å². The Hall–Kier alpha value is -2.75. The van der Waals surface area contributed by atoms with Crippen LogP contribution in [-0.2, 0) is 0 Å². The first-order valence-electron chi connectivity index (χ1n) is 5.82. The van der Waals surface area contributed by atoms with E-state index in [0.29, 0.717) is 22.6 Å². The molecule has 0 bridgehead atoms. The van der Waals surface area contributed by atoms with E-state index >= 15 is 0 Å². The summed E-state index contributed by atoms with van der Waals surface area (Å²) in [7, 11) is 0. The van der Waals surface area contributed by atoms with Crippen molar-refractivity contribution in [1.29, 1.82) is 0 Å². The number of nitrogens with zero attached hydrogens (tertiary/aromatic N) is 1. The summed E-state index contributed by atoms with van der Waals surface area (Å²) in [6, 6.07) is 12.6.